The lowest BCUT2D eigenvalue weighted by Crippen LogP contribution is -2.05. The standard InChI is InChI=1S/C11H10BrNO2/c1-2-15-11(14)8-3-4-9(6-12)10(5-8)7-13/h3-5H,2,6H2,1H3. The molecule has 0 saturated carbocycles. The lowest BCUT2D eigenvalue weighted by molar-refractivity contribution is 0.0526. The van der Waals surface area contributed by atoms with Gasteiger partial charge in [0.25, 0.3) is 0 Å². The first-order valence-electron chi connectivity index (χ1n) is 4.49. The molecule has 0 atom stereocenters. The predicted octanol–water partition coefficient (Wildman–Crippen LogP) is 2.63. The van der Waals surface area contributed by atoms with E-state index in [1.54, 1.807) is 25.1 Å². The van der Waals surface area contributed by atoms with E-state index in [-0.39, 0.29) is 0 Å². The Morgan fingerprint density at radius 1 is 1.60 bits per heavy atom. The molecule has 15 heavy (non-hydrogen) atoms. The summed E-state index contributed by atoms with van der Waals surface area (Å²) in [4.78, 5) is 11.4. The third-order valence-corrected chi connectivity index (χ3v) is 2.49. The van der Waals surface area contributed by atoms with Crippen LogP contribution in [0.5, 0.6) is 0 Å². The Balaban J connectivity index is 3.04. The normalized spacial score (nSPS) is 9.40. The molecule has 0 amide bonds. The van der Waals surface area contributed by atoms with Crippen molar-refractivity contribution in [3.8, 4) is 6.07 Å². The summed E-state index contributed by atoms with van der Waals surface area (Å²) in [6, 6.07) is 7.01. The number of nitrogens with zero attached hydrogens (tertiary/aromatic N) is 1. The van der Waals surface area contributed by atoms with Crippen LogP contribution >= 0.6 is 15.9 Å². The largest absolute Gasteiger partial charge is 0.462 e. The molecule has 0 aliphatic carbocycles. The highest BCUT2D eigenvalue weighted by Crippen LogP contribution is 2.15. The fourth-order valence-corrected chi connectivity index (χ4v) is 1.63. The van der Waals surface area contributed by atoms with E-state index in [1.165, 1.54) is 0 Å². The minimum Gasteiger partial charge on any atom is -0.462 e. The zero-order chi connectivity index (χ0) is 11.3. The Morgan fingerprint density at radius 2 is 2.33 bits per heavy atom. The number of carbonyl (C=O) groups is 1. The molecular formula is C11H10BrNO2. The van der Waals surface area contributed by atoms with Gasteiger partial charge >= 0.3 is 5.97 Å². The average Bonchev–Trinajstić information content (AvgIpc) is 2.28. The van der Waals surface area contributed by atoms with Crippen molar-refractivity contribution in [3.63, 3.8) is 0 Å². The highest BCUT2D eigenvalue weighted by molar-refractivity contribution is 9.08. The Morgan fingerprint density at radius 3 is 2.87 bits per heavy atom. The summed E-state index contributed by atoms with van der Waals surface area (Å²) in [6.45, 7) is 2.08. The van der Waals surface area contributed by atoms with Crippen molar-refractivity contribution < 1.29 is 9.53 Å². The smallest absolute Gasteiger partial charge is 0.338 e. The van der Waals surface area contributed by atoms with Gasteiger partial charge in [-0.05, 0) is 24.6 Å². The molecule has 0 unspecified atom stereocenters. The van der Waals surface area contributed by atoms with E-state index in [0.717, 1.165) is 5.56 Å². The molecule has 3 nitrogen and oxygen atoms in total. The zero-order valence-electron chi connectivity index (χ0n) is 8.29. The van der Waals surface area contributed by atoms with Crippen LogP contribution in [0.2, 0.25) is 0 Å². The number of nitriles is 1. The molecule has 1 rings (SSSR count). The van der Waals surface area contributed by atoms with Crippen LogP contribution in [0.3, 0.4) is 0 Å². The molecule has 0 spiro atoms. The number of ether oxygens (including phenoxy) is 1. The fraction of sp³-hybridized carbons (Fsp3) is 0.273. The van der Waals surface area contributed by atoms with Crippen molar-refractivity contribution in [1.29, 1.82) is 5.26 Å². The predicted molar refractivity (Wildman–Crippen MR) is 59.7 cm³/mol. The monoisotopic (exact) mass is 267 g/mol. The Bertz CT molecular complexity index is 410. The van der Waals surface area contributed by atoms with Gasteiger partial charge in [-0.3, -0.25) is 0 Å². The lowest BCUT2D eigenvalue weighted by Gasteiger charge is -2.04. The van der Waals surface area contributed by atoms with Gasteiger partial charge in [-0.15, -0.1) is 0 Å². The minimum absolute atomic E-state index is 0.334. The van der Waals surface area contributed by atoms with Gasteiger partial charge in [0.2, 0.25) is 0 Å². The van der Waals surface area contributed by atoms with Crippen LogP contribution in [-0.4, -0.2) is 12.6 Å². The van der Waals surface area contributed by atoms with E-state index < -0.39 is 5.97 Å². The summed E-state index contributed by atoms with van der Waals surface area (Å²) in [7, 11) is 0. The fourth-order valence-electron chi connectivity index (χ4n) is 1.14. The van der Waals surface area contributed by atoms with E-state index in [1.807, 2.05) is 6.07 Å². The molecule has 0 N–H and O–H groups in total. The highest BCUT2D eigenvalue weighted by Gasteiger charge is 2.09. The number of hydrogen-bond acceptors (Lipinski definition) is 3. The molecule has 0 heterocycles. The molecule has 0 fully saturated rings. The Hall–Kier alpha value is -1.34. The number of hydrogen-bond donors (Lipinski definition) is 0. The minimum atomic E-state index is -0.393. The topological polar surface area (TPSA) is 50.1 Å². The number of benzene rings is 1. The van der Waals surface area contributed by atoms with Crippen LogP contribution < -0.4 is 0 Å². The summed E-state index contributed by atoms with van der Waals surface area (Å²) in [5, 5.41) is 9.46. The quantitative estimate of drug-likeness (QED) is 0.625. The van der Waals surface area contributed by atoms with Crippen LogP contribution in [-0.2, 0) is 10.1 Å². The first kappa shape index (κ1) is 11.7. The van der Waals surface area contributed by atoms with Crippen LogP contribution in [0.4, 0.5) is 0 Å². The second-order valence-electron chi connectivity index (χ2n) is 2.84. The van der Waals surface area contributed by atoms with Crippen molar-refractivity contribution >= 4 is 21.9 Å². The molecule has 0 saturated heterocycles. The van der Waals surface area contributed by atoms with Crippen LogP contribution in [0.25, 0.3) is 0 Å². The number of halogens is 1. The third-order valence-electron chi connectivity index (χ3n) is 1.89. The summed E-state index contributed by atoms with van der Waals surface area (Å²) in [5.74, 6) is -0.393. The maximum atomic E-state index is 11.4. The van der Waals surface area contributed by atoms with E-state index >= 15 is 0 Å². The third kappa shape index (κ3) is 2.80. The molecule has 1 aromatic carbocycles. The van der Waals surface area contributed by atoms with Gasteiger partial charge in [-0.2, -0.15) is 5.26 Å². The van der Waals surface area contributed by atoms with E-state index in [9.17, 15) is 4.79 Å². The molecule has 0 aromatic heterocycles. The van der Waals surface area contributed by atoms with Crippen molar-refractivity contribution in [2.75, 3.05) is 6.61 Å². The van der Waals surface area contributed by atoms with Gasteiger partial charge in [0.05, 0.1) is 23.8 Å². The number of rotatable bonds is 3. The molecular weight excluding hydrogens is 258 g/mol. The van der Waals surface area contributed by atoms with Gasteiger partial charge in [-0.25, -0.2) is 4.79 Å². The van der Waals surface area contributed by atoms with Crippen molar-refractivity contribution in [3.05, 3.63) is 34.9 Å². The number of carbonyl (C=O) groups excluding carboxylic acids is 1. The second-order valence-corrected chi connectivity index (χ2v) is 3.40. The van der Waals surface area contributed by atoms with Crippen LogP contribution in [0, 0.1) is 11.3 Å². The van der Waals surface area contributed by atoms with E-state index in [4.69, 9.17) is 10.00 Å². The van der Waals surface area contributed by atoms with Gasteiger partial charge in [-0.1, -0.05) is 22.0 Å². The molecule has 78 valence electrons. The van der Waals surface area contributed by atoms with Crippen molar-refractivity contribution in [2.45, 2.75) is 12.3 Å². The highest BCUT2D eigenvalue weighted by atomic mass is 79.9. The van der Waals surface area contributed by atoms with Gasteiger partial charge in [0, 0.05) is 5.33 Å². The molecule has 0 bridgehead atoms. The summed E-state index contributed by atoms with van der Waals surface area (Å²) in [6.07, 6.45) is 0. The maximum Gasteiger partial charge on any atom is 0.338 e. The molecule has 0 aliphatic rings. The molecule has 0 radical (unpaired) electrons. The lowest BCUT2D eigenvalue weighted by atomic mass is 10.1. The molecule has 4 heteroatoms. The molecule has 1 aromatic rings. The van der Waals surface area contributed by atoms with Gasteiger partial charge < -0.3 is 4.74 Å². The summed E-state index contributed by atoms with van der Waals surface area (Å²) in [5.41, 5.74) is 1.78. The maximum absolute atomic E-state index is 11.4. The first-order valence-corrected chi connectivity index (χ1v) is 5.61. The Labute approximate surface area is 96.8 Å². The average molecular weight is 268 g/mol. The summed E-state index contributed by atoms with van der Waals surface area (Å²) < 4.78 is 4.84. The SMILES string of the molecule is CCOC(=O)c1ccc(CBr)c(C#N)c1. The zero-order valence-corrected chi connectivity index (χ0v) is 9.87. The van der Waals surface area contributed by atoms with Crippen molar-refractivity contribution in [1.82, 2.24) is 0 Å². The number of alkyl halides is 1. The first-order chi connectivity index (χ1) is 7.22. The van der Waals surface area contributed by atoms with Gasteiger partial charge in [0.1, 0.15) is 0 Å². The van der Waals surface area contributed by atoms with E-state index in [0.29, 0.717) is 23.1 Å². The van der Waals surface area contributed by atoms with Crippen LogP contribution in [0.1, 0.15) is 28.4 Å². The Kier molecular flexibility index (Phi) is 4.32. The summed E-state index contributed by atoms with van der Waals surface area (Å²) >= 11 is 3.27. The number of esters is 1. The van der Waals surface area contributed by atoms with Crippen LogP contribution in [0.15, 0.2) is 18.2 Å². The second kappa shape index (κ2) is 5.52. The van der Waals surface area contributed by atoms with Gasteiger partial charge in [0.15, 0.2) is 0 Å². The van der Waals surface area contributed by atoms with Crippen molar-refractivity contribution in [2.24, 2.45) is 0 Å². The molecule has 0 aliphatic heterocycles. The van der Waals surface area contributed by atoms with E-state index in [2.05, 4.69) is 15.9 Å².